The molecule has 0 aromatic heterocycles. The summed E-state index contributed by atoms with van der Waals surface area (Å²) in [7, 11) is 0. The van der Waals surface area contributed by atoms with Crippen LogP contribution in [0.4, 0.5) is 0 Å². The number of carbonyl (C=O) groups is 2. The molecule has 0 radical (unpaired) electrons. The van der Waals surface area contributed by atoms with E-state index in [-0.39, 0.29) is 19.4 Å². The Hall–Kier alpha value is -3.42. The molecule has 0 spiro atoms. The fourth-order valence-corrected chi connectivity index (χ4v) is 8.55. The number of rotatable bonds is 48. The second-order valence-electron chi connectivity index (χ2n) is 20.0. The number of aliphatic hydroxyl groups is 5. The largest absolute Gasteiger partial charge is 0.454 e. The molecule has 0 aliphatic carbocycles. The third-order valence-corrected chi connectivity index (χ3v) is 13.2. The molecular weight excluding hydrogens is 931 g/mol. The summed E-state index contributed by atoms with van der Waals surface area (Å²) in [5.74, 6) is -1.25. The van der Waals surface area contributed by atoms with Gasteiger partial charge in [-0.1, -0.05) is 221 Å². The third-order valence-electron chi connectivity index (χ3n) is 13.2. The molecule has 11 heteroatoms. The molecule has 0 aromatic rings. The first-order valence-corrected chi connectivity index (χ1v) is 29.5. The number of amides is 1. The molecule has 0 bridgehead atoms. The van der Waals surface area contributed by atoms with Gasteiger partial charge in [0.05, 0.1) is 25.4 Å². The van der Waals surface area contributed by atoms with E-state index in [1.807, 2.05) is 6.08 Å². The Morgan fingerprint density at radius 3 is 1.57 bits per heavy atom. The average Bonchev–Trinajstić information content (AvgIpc) is 3.40. The van der Waals surface area contributed by atoms with Gasteiger partial charge in [-0.25, -0.2) is 0 Å². The van der Waals surface area contributed by atoms with Crippen molar-refractivity contribution in [3.8, 4) is 0 Å². The number of allylic oxidation sites excluding steroid dienone is 15. The quantitative estimate of drug-likeness (QED) is 0.0149. The van der Waals surface area contributed by atoms with Crippen molar-refractivity contribution in [3.63, 3.8) is 0 Å². The van der Waals surface area contributed by atoms with Gasteiger partial charge >= 0.3 is 5.97 Å². The second kappa shape index (κ2) is 50.4. The highest BCUT2D eigenvalue weighted by Gasteiger charge is 2.47. The smallest absolute Gasteiger partial charge is 0.306 e. The highest BCUT2D eigenvalue weighted by Crippen LogP contribution is 2.26. The van der Waals surface area contributed by atoms with Gasteiger partial charge in [0.1, 0.15) is 24.4 Å². The fourth-order valence-electron chi connectivity index (χ4n) is 8.55. The summed E-state index contributed by atoms with van der Waals surface area (Å²) >= 11 is 0. The van der Waals surface area contributed by atoms with E-state index in [1.165, 1.54) is 64.2 Å². The van der Waals surface area contributed by atoms with Gasteiger partial charge < -0.3 is 45.1 Å². The fraction of sp³-hybridized carbons (Fsp3) is 0.714. The number of ether oxygens (including phenoxy) is 3. The Kier molecular flexibility index (Phi) is 46.7. The topological polar surface area (TPSA) is 175 Å². The van der Waals surface area contributed by atoms with Crippen molar-refractivity contribution in [1.82, 2.24) is 5.32 Å². The Morgan fingerprint density at radius 2 is 1.01 bits per heavy atom. The zero-order valence-corrected chi connectivity index (χ0v) is 46.7. The molecular formula is C63H107NO10. The van der Waals surface area contributed by atoms with Crippen LogP contribution in [0.15, 0.2) is 97.2 Å². The summed E-state index contributed by atoms with van der Waals surface area (Å²) in [6, 6.07) is -1.04. The van der Waals surface area contributed by atoms with Crippen LogP contribution < -0.4 is 5.32 Å². The Labute approximate surface area is 450 Å². The van der Waals surface area contributed by atoms with E-state index in [1.54, 1.807) is 6.08 Å². The average molecular weight is 1040 g/mol. The van der Waals surface area contributed by atoms with Crippen molar-refractivity contribution in [1.29, 1.82) is 0 Å². The van der Waals surface area contributed by atoms with Crippen molar-refractivity contribution in [3.05, 3.63) is 97.2 Å². The molecule has 1 amide bonds. The van der Waals surface area contributed by atoms with Gasteiger partial charge in [0.15, 0.2) is 12.4 Å². The molecule has 424 valence electrons. The number of hydrogen-bond donors (Lipinski definition) is 6. The number of unbranched alkanes of at least 4 members (excludes halogenated alkanes) is 21. The van der Waals surface area contributed by atoms with Crippen LogP contribution >= 0.6 is 0 Å². The molecule has 1 saturated heterocycles. The molecule has 1 fully saturated rings. The molecule has 74 heavy (non-hydrogen) atoms. The van der Waals surface area contributed by atoms with E-state index in [0.717, 1.165) is 116 Å². The lowest BCUT2D eigenvalue weighted by Crippen LogP contribution is -2.61. The van der Waals surface area contributed by atoms with Crippen LogP contribution in [0.1, 0.15) is 226 Å². The number of hydrogen-bond acceptors (Lipinski definition) is 10. The van der Waals surface area contributed by atoms with Crippen LogP contribution in [0.5, 0.6) is 0 Å². The number of nitrogens with one attached hydrogen (secondary N) is 1. The van der Waals surface area contributed by atoms with Crippen LogP contribution in [0, 0.1) is 0 Å². The zero-order valence-electron chi connectivity index (χ0n) is 46.7. The molecule has 11 nitrogen and oxygen atoms in total. The van der Waals surface area contributed by atoms with Crippen molar-refractivity contribution in [2.75, 3.05) is 13.2 Å². The SMILES string of the molecule is CC/C=C\C/C=C\C/C=C\C/C=C\C/C=C\CCCCCC(=O)OC1C(OCC(NC(=O)C(O)CCCCCCC/C=C/C=C/CCCCC)C(O)/C=C/CCCCCCCCCCCC)OC(CO)C(O)C1O. The van der Waals surface area contributed by atoms with Gasteiger partial charge in [0, 0.05) is 6.42 Å². The van der Waals surface area contributed by atoms with Crippen molar-refractivity contribution < 1.29 is 49.3 Å². The zero-order chi connectivity index (χ0) is 54.0. The van der Waals surface area contributed by atoms with Gasteiger partial charge in [0.2, 0.25) is 5.91 Å². The van der Waals surface area contributed by atoms with Crippen LogP contribution in [0.2, 0.25) is 0 Å². The van der Waals surface area contributed by atoms with Crippen LogP contribution in [-0.2, 0) is 23.8 Å². The summed E-state index contributed by atoms with van der Waals surface area (Å²) in [6.07, 6.45) is 55.8. The van der Waals surface area contributed by atoms with E-state index >= 15 is 0 Å². The number of esters is 1. The lowest BCUT2D eigenvalue weighted by Gasteiger charge is -2.41. The van der Waals surface area contributed by atoms with Gasteiger partial charge in [-0.05, 0) is 96.3 Å². The third kappa shape index (κ3) is 38.2. The number of aliphatic hydroxyl groups excluding tert-OH is 5. The van der Waals surface area contributed by atoms with Crippen LogP contribution in [-0.4, -0.2) is 99.6 Å². The van der Waals surface area contributed by atoms with E-state index in [9.17, 15) is 35.1 Å². The van der Waals surface area contributed by atoms with Crippen molar-refractivity contribution in [2.45, 2.75) is 275 Å². The highest BCUT2D eigenvalue weighted by atomic mass is 16.7. The maximum absolute atomic E-state index is 13.4. The second-order valence-corrected chi connectivity index (χ2v) is 20.0. The summed E-state index contributed by atoms with van der Waals surface area (Å²) in [5, 5.41) is 56.8. The molecule has 0 saturated carbocycles. The predicted molar refractivity (Wildman–Crippen MR) is 305 cm³/mol. The molecule has 1 aliphatic heterocycles. The van der Waals surface area contributed by atoms with Crippen LogP contribution in [0.3, 0.4) is 0 Å². The highest BCUT2D eigenvalue weighted by molar-refractivity contribution is 5.80. The molecule has 1 aliphatic rings. The predicted octanol–water partition coefficient (Wildman–Crippen LogP) is 13.6. The maximum Gasteiger partial charge on any atom is 0.306 e. The standard InChI is InChI=1S/C63H107NO10/c1-4-7-10-13-16-19-22-25-27-28-29-30-31-33-36-39-42-45-48-51-58(68)74-61-60(70)59(69)57(52-65)73-63(61)72-53-54(55(66)49-46-43-40-37-34-24-21-18-15-12-9-6-3)64-62(71)56(67)50-47-44-41-38-35-32-26-23-20-17-14-11-8-5-2/h7,10,16-17,19-20,23,25-27,29-30,33,36,46,49,54-57,59-61,63,65-67,69-70H,4-6,8-9,11-15,18,21-22,24,28,31-32,34-35,37-45,47-48,50-53H2,1-3H3,(H,64,71)/b10-7-,19-16-,20-17+,26-23+,27-25-,30-29-,36-33-,49-46+. The van der Waals surface area contributed by atoms with Gasteiger partial charge in [-0.15, -0.1) is 0 Å². The Bertz CT molecular complexity index is 1570. The van der Waals surface area contributed by atoms with E-state index in [0.29, 0.717) is 12.8 Å². The molecule has 0 aromatic carbocycles. The summed E-state index contributed by atoms with van der Waals surface area (Å²) in [5.41, 5.74) is 0. The maximum atomic E-state index is 13.4. The molecule has 1 rings (SSSR count). The Balaban J connectivity index is 2.75. The number of carbonyl (C=O) groups excluding carboxylic acids is 2. The van der Waals surface area contributed by atoms with Crippen LogP contribution in [0.25, 0.3) is 0 Å². The first-order valence-electron chi connectivity index (χ1n) is 29.5. The van der Waals surface area contributed by atoms with E-state index in [2.05, 4.69) is 111 Å². The first-order chi connectivity index (χ1) is 36.2. The molecule has 1 heterocycles. The minimum atomic E-state index is -1.63. The van der Waals surface area contributed by atoms with Crippen molar-refractivity contribution in [2.24, 2.45) is 0 Å². The summed E-state index contributed by atoms with van der Waals surface area (Å²) in [6.45, 7) is 5.60. The minimum Gasteiger partial charge on any atom is -0.454 e. The lowest BCUT2D eigenvalue weighted by atomic mass is 9.99. The summed E-state index contributed by atoms with van der Waals surface area (Å²) in [4.78, 5) is 26.5. The van der Waals surface area contributed by atoms with Crippen molar-refractivity contribution >= 4 is 11.9 Å². The van der Waals surface area contributed by atoms with Gasteiger partial charge in [0.25, 0.3) is 0 Å². The van der Waals surface area contributed by atoms with E-state index in [4.69, 9.17) is 14.2 Å². The monoisotopic (exact) mass is 1040 g/mol. The lowest BCUT2D eigenvalue weighted by molar-refractivity contribution is -0.305. The Morgan fingerprint density at radius 1 is 0.554 bits per heavy atom. The van der Waals surface area contributed by atoms with Gasteiger partial charge in [-0.3, -0.25) is 9.59 Å². The normalized spacial score (nSPS) is 20.0. The van der Waals surface area contributed by atoms with Gasteiger partial charge in [-0.2, -0.15) is 0 Å². The minimum absolute atomic E-state index is 0.0781. The van der Waals surface area contributed by atoms with E-state index < -0.39 is 67.4 Å². The first kappa shape index (κ1) is 68.6. The summed E-state index contributed by atoms with van der Waals surface area (Å²) < 4.78 is 17.5. The molecule has 6 N–H and O–H groups in total. The molecule has 8 unspecified atom stereocenters. The molecule has 8 atom stereocenters.